The largest absolute Gasteiger partial charge is 0.466 e. The normalized spacial score (nSPS) is 13.9. The highest BCUT2D eigenvalue weighted by molar-refractivity contribution is 7.79. The Morgan fingerprint density at radius 2 is 1.52 bits per heavy atom. The number of rotatable bonds is 8. The van der Waals surface area contributed by atoms with Crippen LogP contribution in [0.1, 0.15) is 26.7 Å². The van der Waals surface area contributed by atoms with Crippen LogP contribution in [0.25, 0.3) is 0 Å². The van der Waals surface area contributed by atoms with Crippen LogP contribution in [-0.2, 0) is 14.1 Å². The summed E-state index contributed by atoms with van der Waals surface area (Å²) in [6.45, 7) is 3.98. The van der Waals surface area contributed by atoms with Gasteiger partial charge in [0.15, 0.2) is 0 Å². The van der Waals surface area contributed by atoms with Crippen molar-refractivity contribution in [2.45, 2.75) is 38.4 Å². The second-order valence-electron chi connectivity index (χ2n) is 6.10. The Morgan fingerprint density at radius 3 is 1.92 bits per heavy atom. The van der Waals surface area contributed by atoms with Gasteiger partial charge in [-0.05, 0) is 20.3 Å². The first-order chi connectivity index (χ1) is 12.0. The van der Waals surface area contributed by atoms with Gasteiger partial charge in [0.2, 0.25) is 0 Å². The van der Waals surface area contributed by atoms with Gasteiger partial charge in [0.25, 0.3) is 0 Å². The standard InChI is InChI=1S/C20H26NO3P/c1-3-24-20(22)15-14-19(16(2)21)25(23,17-10-6-4-7-11-17)18-12-8-5-9-13-18/h4-13,16,19H,3,14-15,21H2,1-2H3. The van der Waals surface area contributed by atoms with Crippen LogP contribution in [0.4, 0.5) is 0 Å². The van der Waals surface area contributed by atoms with E-state index >= 15 is 0 Å². The number of carbonyl (C=O) groups excluding carboxylic acids is 1. The molecular weight excluding hydrogens is 333 g/mol. The Labute approximate surface area is 149 Å². The highest BCUT2D eigenvalue weighted by Crippen LogP contribution is 2.51. The van der Waals surface area contributed by atoms with Crippen molar-refractivity contribution in [3.8, 4) is 0 Å². The first-order valence-electron chi connectivity index (χ1n) is 8.62. The zero-order valence-corrected chi connectivity index (χ0v) is 15.7. The van der Waals surface area contributed by atoms with Crippen molar-refractivity contribution in [2.24, 2.45) is 5.73 Å². The van der Waals surface area contributed by atoms with Gasteiger partial charge in [0.05, 0.1) is 6.61 Å². The molecule has 2 aromatic carbocycles. The van der Waals surface area contributed by atoms with Crippen LogP contribution in [0.3, 0.4) is 0 Å². The van der Waals surface area contributed by atoms with E-state index in [0.717, 1.165) is 10.6 Å². The lowest BCUT2D eigenvalue weighted by Crippen LogP contribution is -2.38. The summed E-state index contributed by atoms with van der Waals surface area (Å²) in [5.41, 5.74) is 5.90. The second kappa shape index (κ2) is 8.98. The molecule has 134 valence electrons. The number of hydrogen-bond acceptors (Lipinski definition) is 4. The van der Waals surface area contributed by atoms with Gasteiger partial charge >= 0.3 is 5.97 Å². The smallest absolute Gasteiger partial charge is 0.305 e. The van der Waals surface area contributed by atoms with Crippen molar-refractivity contribution < 1.29 is 14.1 Å². The summed E-state index contributed by atoms with van der Waals surface area (Å²) in [6, 6.07) is 18.5. The van der Waals surface area contributed by atoms with Crippen molar-refractivity contribution in [3.63, 3.8) is 0 Å². The maximum absolute atomic E-state index is 14.3. The van der Waals surface area contributed by atoms with E-state index in [9.17, 15) is 9.36 Å². The van der Waals surface area contributed by atoms with Crippen molar-refractivity contribution in [2.75, 3.05) is 6.61 Å². The highest BCUT2D eigenvalue weighted by atomic mass is 31.2. The molecule has 4 nitrogen and oxygen atoms in total. The lowest BCUT2D eigenvalue weighted by Gasteiger charge is -2.31. The van der Waals surface area contributed by atoms with E-state index < -0.39 is 7.14 Å². The Balaban J connectivity index is 2.45. The van der Waals surface area contributed by atoms with Gasteiger partial charge in [-0.15, -0.1) is 0 Å². The van der Waals surface area contributed by atoms with Gasteiger partial charge < -0.3 is 15.0 Å². The molecule has 5 heteroatoms. The average Bonchev–Trinajstić information content (AvgIpc) is 2.63. The Kier molecular flexibility index (Phi) is 6.98. The SMILES string of the molecule is CCOC(=O)CCC(C(C)N)P(=O)(c1ccccc1)c1ccccc1. The molecular formula is C20H26NO3P. The Hall–Kier alpha value is -1.90. The van der Waals surface area contributed by atoms with Gasteiger partial charge in [0.1, 0.15) is 7.14 Å². The predicted molar refractivity (Wildman–Crippen MR) is 103 cm³/mol. The topological polar surface area (TPSA) is 69.4 Å². The van der Waals surface area contributed by atoms with Gasteiger partial charge in [-0.2, -0.15) is 0 Å². The van der Waals surface area contributed by atoms with E-state index in [1.165, 1.54) is 0 Å². The van der Waals surface area contributed by atoms with Crippen LogP contribution in [-0.4, -0.2) is 24.3 Å². The fraction of sp³-hybridized carbons (Fsp3) is 0.350. The fourth-order valence-electron chi connectivity index (χ4n) is 3.11. The maximum atomic E-state index is 14.3. The van der Waals surface area contributed by atoms with E-state index in [1.54, 1.807) is 6.92 Å². The van der Waals surface area contributed by atoms with E-state index in [1.807, 2.05) is 67.6 Å². The van der Waals surface area contributed by atoms with Crippen LogP contribution >= 0.6 is 7.14 Å². The van der Waals surface area contributed by atoms with E-state index in [0.29, 0.717) is 13.0 Å². The number of hydrogen-bond donors (Lipinski definition) is 1. The summed E-state index contributed by atoms with van der Waals surface area (Å²) in [4.78, 5) is 11.8. The molecule has 0 saturated heterocycles. The molecule has 0 bridgehead atoms. The molecule has 2 atom stereocenters. The molecule has 0 aromatic heterocycles. The summed E-state index contributed by atoms with van der Waals surface area (Å²) in [5, 5.41) is 1.54. The van der Waals surface area contributed by atoms with Crippen molar-refractivity contribution in [1.29, 1.82) is 0 Å². The molecule has 2 rings (SSSR count). The molecule has 0 spiro atoms. The van der Waals surface area contributed by atoms with Gasteiger partial charge in [-0.3, -0.25) is 4.79 Å². The van der Waals surface area contributed by atoms with Crippen LogP contribution in [0.15, 0.2) is 60.7 Å². The quantitative estimate of drug-likeness (QED) is 0.581. The fourth-order valence-corrected chi connectivity index (χ4v) is 6.55. The summed E-state index contributed by atoms with van der Waals surface area (Å²) in [6.07, 6.45) is 0.640. The lowest BCUT2D eigenvalue weighted by molar-refractivity contribution is -0.143. The Morgan fingerprint density at radius 1 is 1.04 bits per heavy atom. The molecule has 0 aliphatic carbocycles. The third-order valence-electron chi connectivity index (χ3n) is 4.30. The first kappa shape index (κ1) is 19.4. The van der Waals surface area contributed by atoms with Crippen LogP contribution < -0.4 is 16.3 Å². The van der Waals surface area contributed by atoms with Crippen LogP contribution in [0.2, 0.25) is 0 Å². The van der Waals surface area contributed by atoms with Gasteiger partial charge in [-0.25, -0.2) is 0 Å². The van der Waals surface area contributed by atoms with E-state index in [4.69, 9.17) is 10.5 Å². The minimum Gasteiger partial charge on any atom is -0.466 e. The molecule has 0 radical (unpaired) electrons. The van der Waals surface area contributed by atoms with Crippen LogP contribution in [0.5, 0.6) is 0 Å². The molecule has 0 amide bonds. The van der Waals surface area contributed by atoms with Gasteiger partial charge in [-0.1, -0.05) is 60.7 Å². The van der Waals surface area contributed by atoms with Crippen molar-refractivity contribution in [3.05, 3.63) is 60.7 Å². The molecule has 25 heavy (non-hydrogen) atoms. The first-order valence-corrected chi connectivity index (χ1v) is 10.4. The van der Waals surface area contributed by atoms with E-state index in [2.05, 4.69) is 0 Å². The third-order valence-corrected chi connectivity index (χ3v) is 8.10. The monoisotopic (exact) mass is 359 g/mol. The number of nitrogens with two attached hydrogens (primary N) is 1. The minimum absolute atomic E-state index is 0.212. The summed E-state index contributed by atoms with van der Waals surface area (Å²) in [5.74, 6) is -0.277. The molecule has 0 aliphatic rings. The zero-order valence-electron chi connectivity index (χ0n) is 14.8. The summed E-state index contributed by atoms with van der Waals surface area (Å²) >= 11 is 0. The van der Waals surface area contributed by atoms with Crippen molar-refractivity contribution >= 4 is 23.7 Å². The number of esters is 1. The number of benzene rings is 2. The second-order valence-corrected chi connectivity index (χ2v) is 9.11. The lowest BCUT2D eigenvalue weighted by atomic mass is 10.1. The number of carbonyl (C=O) groups is 1. The third kappa shape index (κ3) is 4.59. The maximum Gasteiger partial charge on any atom is 0.305 e. The molecule has 2 N–H and O–H groups in total. The zero-order chi connectivity index (χ0) is 18.3. The minimum atomic E-state index is -3.00. The molecule has 0 aliphatic heterocycles. The molecule has 0 heterocycles. The molecule has 2 aromatic rings. The summed E-state index contributed by atoms with van der Waals surface area (Å²) in [7, 11) is -3.00. The summed E-state index contributed by atoms with van der Waals surface area (Å²) < 4.78 is 19.3. The Bertz CT molecular complexity index is 673. The predicted octanol–water partition coefficient (Wildman–Crippen LogP) is 3.06. The molecule has 0 saturated carbocycles. The average molecular weight is 359 g/mol. The molecule has 2 unspecified atom stereocenters. The highest BCUT2D eigenvalue weighted by Gasteiger charge is 2.38. The van der Waals surface area contributed by atoms with E-state index in [-0.39, 0.29) is 24.1 Å². The van der Waals surface area contributed by atoms with Crippen LogP contribution in [0, 0.1) is 0 Å². The number of ether oxygens (including phenoxy) is 1. The van der Waals surface area contributed by atoms with Crippen molar-refractivity contribution in [1.82, 2.24) is 0 Å². The van der Waals surface area contributed by atoms with Gasteiger partial charge in [0, 0.05) is 28.7 Å². The molecule has 0 fully saturated rings.